The molecule has 2 aromatic rings. The van der Waals surface area contributed by atoms with Crippen LogP contribution in [-0.2, 0) is 17.8 Å². The highest BCUT2D eigenvalue weighted by atomic mass is 35.5. The highest BCUT2D eigenvalue weighted by Crippen LogP contribution is 2.23. The van der Waals surface area contributed by atoms with Gasteiger partial charge in [-0.15, -0.1) is 0 Å². The first-order valence-electron chi connectivity index (χ1n) is 7.24. The van der Waals surface area contributed by atoms with Gasteiger partial charge in [0, 0.05) is 30.5 Å². The lowest BCUT2D eigenvalue weighted by Gasteiger charge is -2.22. The number of hydrogen-bond acceptors (Lipinski definition) is 4. The molecular formula is C17H19ClN2O3. The number of amides is 1. The zero-order valence-corrected chi connectivity index (χ0v) is 13.7. The fourth-order valence-corrected chi connectivity index (χ4v) is 2.44. The van der Waals surface area contributed by atoms with Gasteiger partial charge in [-0.05, 0) is 29.3 Å². The van der Waals surface area contributed by atoms with Crippen LogP contribution in [0.5, 0.6) is 5.75 Å². The average molecular weight is 335 g/mol. The lowest BCUT2D eigenvalue weighted by Crippen LogP contribution is -2.34. The number of aliphatic hydroxyl groups is 1. The van der Waals surface area contributed by atoms with Crippen LogP contribution in [-0.4, -0.2) is 41.2 Å². The first-order chi connectivity index (χ1) is 11.1. The SMILES string of the molecule is COc1ccc(CC(=O)N(CCO)Cc2cccnc2)c(Cl)c1. The van der Waals surface area contributed by atoms with Gasteiger partial charge in [0.15, 0.2) is 0 Å². The molecule has 1 amide bonds. The molecule has 0 saturated heterocycles. The molecule has 23 heavy (non-hydrogen) atoms. The lowest BCUT2D eigenvalue weighted by molar-refractivity contribution is -0.131. The number of benzene rings is 1. The predicted octanol–water partition coefficient (Wildman–Crippen LogP) is 2.31. The molecule has 6 heteroatoms. The number of rotatable bonds is 7. The van der Waals surface area contributed by atoms with Crippen molar-refractivity contribution in [3.63, 3.8) is 0 Å². The van der Waals surface area contributed by atoms with Gasteiger partial charge in [0.2, 0.25) is 5.91 Å². The third kappa shape index (κ3) is 4.94. The Morgan fingerprint density at radius 1 is 1.39 bits per heavy atom. The van der Waals surface area contributed by atoms with E-state index >= 15 is 0 Å². The summed E-state index contributed by atoms with van der Waals surface area (Å²) >= 11 is 6.18. The Labute approximate surface area is 140 Å². The van der Waals surface area contributed by atoms with Crippen LogP contribution in [0.3, 0.4) is 0 Å². The molecule has 1 aromatic heterocycles. The molecule has 1 N–H and O–H groups in total. The molecule has 1 aromatic carbocycles. The third-order valence-corrected chi connectivity index (χ3v) is 3.77. The molecule has 0 saturated carbocycles. The zero-order chi connectivity index (χ0) is 16.7. The summed E-state index contributed by atoms with van der Waals surface area (Å²) in [4.78, 5) is 18.2. The number of nitrogens with zero attached hydrogens (tertiary/aromatic N) is 2. The van der Waals surface area contributed by atoms with Gasteiger partial charge in [0.25, 0.3) is 0 Å². The average Bonchev–Trinajstić information content (AvgIpc) is 2.57. The van der Waals surface area contributed by atoms with E-state index in [2.05, 4.69) is 4.98 Å². The second kappa shape index (κ2) is 8.50. The van der Waals surface area contributed by atoms with E-state index < -0.39 is 0 Å². The fraction of sp³-hybridized carbons (Fsp3) is 0.294. The Balaban J connectivity index is 2.09. The van der Waals surface area contributed by atoms with Crippen molar-refractivity contribution in [3.05, 3.63) is 58.9 Å². The van der Waals surface area contributed by atoms with E-state index in [1.807, 2.05) is 12.1 Å². The summed E-state index contributed by atoms with van der Waals surface area (Å²) in [5.41, 5.74) is 1.64. The molecule has 5 nitrogen and oxygen atoms in total. The molecule has 0 aliphatic rings. The Hall–Kier alpha value is -2.11. The van der Waals surface area contributed by atoms with Crippen molar-refractivity contribution in [2.24, 2.45) is 0 Å². The predicted molar refractivity (Wildman–Crippen MR) is 88.4 cm³/mol. The molecule has 1 heterocycles. The van der Waals surface area contributed by atoms with Crippen LogP contribution < -0.4 is 4.74 Å². The number of halogens is 1. The van der Waals surface area contributed by atoms with Crippen LogP contribution in [0.25, 0.3) is 0 Å². The second-order valence-corrected chi connectivity index (χ2v) is 5.44. The Kier molecular flexibility index (Phi) is 6.38. The first-order valence-corrected chi connectivity index (χ1v) is 7.61. The van der Waals surface area contributed by atoms with E-state index in [0.29, 0.717) is 17.3 Å². The largest absolute Gasteiger partial charge is 0.497 e. The highest BCUT2D eigenvalue weighted by Gasteiger charge is 2.16. The molecule has 122 valence electrons. The van der Waals surface area contributed by atoms with Crippen molar-refractivity contribution in [1.29, 1.82) is 0 Å². The van der Waals surface area contributed by atoms with Gasteiger partial charge in [0.1, 0.15) is 5.75 Å². The molecule has 0 bridgehead atoms. The lowest BCUT2D eigenvalue weighted by atomic mass is 10.1. The van der Waals surface area contributed by atoms with Gasteiger partial charge < -0.3 is 14.7 Å². The van der Waals surface area contributed by atoms with Gasteiger partial charge in [-0.25, -0.2) is 0 Å². The van der Waals surface area contributed by atoms with Crippen LogP contribution in [0.2, 0.25) is 5.02 Å². The van der Waals surface area contributed by atoms with Gasteiger partial charge in [-0.1, -0.05) is 23.7 Å². The highest BCUT2D eigenvalue weighted by molar-refractivity contribution is 6.31. The van der Waals surface area contributed by atoms with E-state index in [0.717, 1.165) is 11.1 Å². The molecule has 2 rings (SSSR count). The molecule has 0 unspecified atom stereocenters. The number of aliphatic hydroxyl groups excluding tert-OH is 1. The Morgan fingerprint density at radius 2 is 2.22 bits per heavy atom. The number of hydrogen-bond donors (Lipinski definition) is 1. The number of aromatic nitrogens is 1. The zero-order valence-electron chi connectivity index (χ0n) is 12.9. The van der Waals surface area contributed by atoms with Crippen LogP contribution in [0.4, 0.5) is 0 Å². The standard InChI is InChI=1S/C17H19ClN2O3/c1-23-15-5-4-14(16(18)10-15)9-17(22)20(7-8-21)12-13-3-2-6-19-11-13/h2-6,10-11,21H,7-9,12H2,1H3. The maximum atomic E-state index is 12.5. The van der Waals surface area contributed by atoms with E-state index in [-0.39, 0.29) is 25.5 Å². The quantitative estimate of drug-likeness (QED) is 0.844. The number of carbonyl (C=O) groups excluding carboxylic acids is 1. The Bertz CT molecular complexity index is 650. The fourth-order valence-electron chi connectivity index (χ4n) is 2.20. The number of methoxy groups -OCH3 is 1. The van der Waals surface area contributed by atoms with Crippen LogP contribution in [0.1, 0.15) is 11.1 Å². The first kappa shape index (κ1) is 17.2. The minimum atomic E-state index is -0.102. The Morgan fingerprint density at radius 3 is 2.83 bits per heavy atom. The molecular weight excluding hydrogens is 316 g/mol. The second-order valence-electron chi connectivity index (χ2n) is 5.03. The van der Waals surface area contributed by atoms with Crippen LogP contribution in [0, 0.1) is 0 Å². The monoisotopic (exact) mass is 334 g/mol. The van der Waals surface area contributed by atoms with Crippen LogP contribution in [0.15, 0.2) is 42.7 Å². The molecule has 0 fully saturated rings. The summed E-state index contributed by atoms with van der Waals surface area (Å²) in [6.07, 6.45) is 3.56. The molecule has 0 atom stereocenters. The van der Waals surface area contributed by atoms with Crippen molar-refractivity contribution < 1.29 is 14.6 Å². The summed E-state index contributed by atoms with van der Waals surface area (Å²) < 4.78 is 5.10. The molecule has 0 aliphatic carbocycles. The summed E-state index contributed by atoms with van der Waals surface area (Å²) in [6, 6.07) is 8.94. The maximum absolute atomic E-state index is 12.5. The van der Waals surface area contributed by atoms with Crippen molar-refractivity contribution in [2.75, 3.05) is 20.3 Å². The topological polar surface area (TPSA) is 62.7 Å². The number of pyridine rings is 1. The van der Waals surface area contributed by atoms with Crippen molar-refractivity contribution >= 4 is 17.5 Å². The summed E-state index contributed by atoms with van der Waals surface area (Å²) in [5.74, 6) is 0.545. The van der Waals surface area contributed by atoms with Crippen molar-refractivity contribution in [2.45, 2.75) is 13.0 Å². The maximum Gasteiger partial charge on any atom is 0.227 e. The minimum Gasteiger partial charge on any atom is -0.497 e. The summed E-state index contributed by atoms with van der Waals surface area (Å²) in [7, 11) is 1.56. The smallest absolute Gasteiger partial charge is 0.227 e. The minimum absolute atomic E-state index is 0.0949. The summed E-state index contributed by atoms with van der Waals surface area (Å²) in [6.45, 7) is 0.574. The van der Waals surface area contributed by atoms with Gasteiger partial charge in [0.05, 0.1) is 20.1 Å². The van der Waals surface area contributed by atoms with E-state index in [4.69, 9.17) is 16.3 Å². The van der Waals surface area contributed by atoms with Gasteiger partial charge in [-0.2, -0.15) is 0 Å². The van der Waals surface area contributed by atoms with Crippen LogP contribution >= 0.6 is 11.6 Å². The summed E-state index contributed by atoms with van der Waals surface area (Å²) in [5, 5.41) is 9.69. The van der Waals surface area contributed by atoms with Crippen molar-refractivity contribution in [3.8, 4) is 5.75 Å². The van der Waals surface area contributed by atoms with E-state index in [1.54, 1.807) is 42.6 Å². The normalized spacial score (nSPS) is 10.4. The van der Waals surface area contributed by atoms with E-state index in [1.165, 1.54) is 0 Å². The van der Waals surface area contributed by atoms with E-state index in [9.17, 15) is 9.90 Å². The number of carbonyl (C=O) groups is 1. The van der Waals surface area contributed by atoms with Gasteiger partial charge >= 0.3 is 0 Å². The van der Waals surface area contributed by atoms with Gasteiger partial charge in [-0.3, -0.25) is 9.78 Å². The number of ether oxygens (including phenoxy) is 1. The van der Waals surface area contributed by atoms with Crippen molar-refractivity contribution in [1.82, 2.24) is 9.88 Å². The molecule has 0 aliphatic heterocycles. The molecule has 0 radical (unpaired) electrons. The third-order valence-electron chi connectivity index (χ3n) is 3.42. The molecule has 0 spiro atoms.